The summed E-state index contributed by atoms with van der Waals surface area (Å²) in [7, 11) is 0. The van der Waals surface area contributed by atoms with Crippen molar-refractivity contribution in [1.29, 1.82) is 0 Å². The van der Waals surface area contributed by atoms with Crippen molar-refractivity contribution in [2.75, 3.05) is 12.4 Å². The van der Waals surface area contributed by atoms with Gasteiger partial charge in [0.25, 0.3) is 11.8 Å². The molecule has 0 unspecified atom stereocenters. The van der Waals surface area contributed by atoms with Crippen LogP contribution < -0.4 is 40.0 Å². The molecule has 4 N–H and O–H groups in total. The van der Waals surface area contributed by atoms with E-state index >= 15 is 0 Å². The number of carbonyl (C=O) groups is 5. The maximum atomic E-state index is 13.3. The summed E-state index contributed by atoms with van der Waals surface area (Å²) in [6.45, 7) is 0.875. The molecule has 1 saturated heterocycles. The number of H-pyrrole nitrogens is 1. The van der Waals surface area contributed by atoms with Crippen LogP contribution in [0, 0.1) is 0 Å². The van der Waals surface area contributed by atoms with Gasteiger partial charge >= 0.3 is 47.5 Å². The van der Waals surface area contributed by atoms with E-state index < -0.39 is 64.5 Å². The second-order valence-electron chi connectivity index (χ2n) is 8.11. The quantitative estimate of drug-likeness (QED) is 0.0770. The van der Waals surface area contributed by atoms with Crippen LogP contribution >= 0.6 is 11.8 Å². The number of aromatic carboxylic acids is 1. The molecule has 4 rings (SSSR count). The normalized spacial score (nSPS) is 19.3. The molecule has 0 bridgehead atoms. The number of carboxylic acids is 2. The Kier molecular flexibility index (Phi) is 9.55. The van der Waals surface area contributed by atoms with Crippen LogP contribution in [0.1, 0.15) is 39.5 Å². The Morgan fingerprint density at radius 1 is 1.26 bits per heavy atom. The molecule has 2 aliphatic heterocycles. The first-order valence-corrected chi connectivity index (χ1v) is 12.1. The molecule has 3 heterocycles. The number of thioether (sulfide) groups is 1. The van der Waals surface area contributed by atoms with E-state index in [2.05, 4.69) is 20.3 Å². The average molecular weight is 565 g/mol. The minimum atomic E-state index is -1.43. The Bertz CT molecular complexity index is 1380. The number of nitrogens with zero attached hydrogens (tertiary/aromatic N) is 3. The summed E-state index contributed by atoms with van der Waals surface area (Å²) in [6.07, 6.45) is 1.02. The molecule has 1 fully saturated rings. The summed E-state index contributed by atoms with van der Waals surface area (Å²) in [5.74, 6) is -5.90. The third-order valence-electron chi connectivity index (χ3n) is 5.66. The van der Waals surface area contributed by atoms with Gasteiger partial charge in [0.2, 0.25) is 0 Å². The van der Waals surface area contributed by atoms with Crippen LogP contribution in [-0.4, -0.2) is 84.5 Å². The molecule has 198 valence electrons. The van der Waals surface area contributed by atoms with Gasteiger partial charge in [-0.3, -0.25) is 24.3 Å². The van der Waals surface area contributed by atoms with Gasteiger partial charge < -0.3 is 30.4 Å². The van der Waals surface area contributed by atoms with Crippen molar-refractivity contribution >= 4 is 47.4 Å². The van der Waals surface area contributed by atoms with Gasteiger partial charge in [-0.15, -0.1) is 11.8 Å². The molecule has 14 nitrogen and oxygen atoms in total. The van der Waals surface area contributed by atoms with Gasteiger partial charge in [-0.25, -0.2) is 14.6 Å². The van der Waals surface area contributed by atoms with Crippen molar-refractivity contribution < 1.29 is 73.6 Å². The van der Waals surface area contributed by atoms with Gasteiger partial charge in [-0.2, -0.15) is 0 Å². The van der Waals surface area contributed by atoms with Crippen LogP contribution in [0.25, 0.3) is 0 Å². The predicted molar refractivity (Wildman–Crippen MR) is 128 cm³/mol. The topological polar surface area (TPSA) is 214 Å². The number of carboxylic acid groups (broad SMARTS) is 2. The summed E-state index contributed by atoms with van der Waals surface area (Å²) in [5.41, 5.74) is -0.700. The van der Waals surface area contributed by atoms with Crippen molar-refractivity contribution in [3.05, 3.63) is 64.9 Å². The summed E-state index contributed by atoms with van der Waals surface area (Å²) in [6, 6.07) is 5.38. The van der Waals surface area contributed by atoms with E-state index in [1.165, 1.54) is 19.1 Å². The number of imidazole rings is 1. The fourth-order valence-corrected chi connectivity index (χ4v) is 5.23. The SMILES string of the molecule is CC(=O)OCC1=C(C(=O)O)N2C(=O)[C@@H](N=C([O-])[C@H](NC(=O)c3nc[nH]c3C(=O)O)c3ccccc3)[C@H]2SC1.[Na+]. The zero-order valence-electron chi connectivity index (χ0n) is 20.6. The number of aromatic amines is 1. The van der Waals surface area contributed by atoms with Crippen LogP contribution in [0.3, 0.4) is 0 Å². The minimum Gasteiger partial charge on any atom is -0.860 e. The van der Waals surface area contributed by atoms with Gasteiger partial charge in [0.05, 0.1) is 12.4 Å². The number of hydrogen-bond donors (Lipinski definition) is 4. The summed E-state index contributed by atoms with van der Waals surface area (Å²) < 4.78 is 4.89. The number of rotatable bonds is 9. The molecular formula is C23H20N5NaO9S. The van der Waals surface area contributed by atoms with Crippen LogP contribution in [0.15, 0.2) is 52.9 Å². The Labute approximate surface area is 246 Å². The second-order valence-corrected chi connectivity index (χ2v) is 9.21. The van der Waals surface area contributed by atoms with Gasteiger partial charge in [0, 0.05) is 18.2 Å². The molecule has 0 radical (unpaired) electrons. The maximum Gasteiger partial charge on any atom is 1.00 e. The van der Waals surface area contributed by atoms with E-state index in [9.17, 15) is 39.3 Å². The van der Waals surface area contributed by atoms with Crippen LogP contribution in [0.4, 0.5) is 0 Å². The number of β-lactam (4-membered cyclic amide) rings is 1. The molecule has 0 spiro atoms. The smallest absolute Gasteiger partial charge is 0.860 e. The van der Waals surface area contributed by atoms with E-state index in [1.807, 2.05) is 0 Å². The van der Waals surface area contributed by atoms with Crippen molar-refractivity contribution in [2.45, 2.75) is 24.4 Å². The number of amides is 2. The number of fused-ring (bicyclic) bond motifs is 1. The molecule has 1 aromatic heterocycles. The first-order valence-electron chi connectivity index (χ1n) is 11.0. The largest absolute Gasteiger partial charge is 1.00 e. The van der Waals surface area contributed by atoms with Crippen molar-refractivity contribution in [3.63, 3.8) is 0 Å². The van der Waals surface area contributed by atoms with Gasteiger partial charge in [0.1, 0.15) is 17.7 Å². The molecule has 2 amide bonds. The number of aliphatic imine (C=N–C) groups is 1. The molecule has 0 aliphatic carbocycles. The summed E-state index contributed by atoms with van der Waals surface area (Å²) >= 11 is 1.15. The van der Waals surface area contributed by atoms with E-state index in [-0.39, 0.29) is 53.2 Å². The Morgan fingerprint density at radius 2 is 1.95 bits per heavy atom. The molecule has 3 atom stereocenters. The third kappa shape index (κ3) is 6.16. The molecule has 16 heteroatoms. The monoisotopic (exact) mass is 565 g/mol. The number of hydrogen-bond acceptors (Lipinski definition) is 10. The second kappa shape index (κ2) is 12.5. The number of aliphatic carboxylic acids is 1. The van der Waals surface area contributed by atoms with Crippen LogP contribution in [0.5, 0.6) is 0 Å². The first kappa shape index (κ1) is 29.9. The third-order valence-corrected chi connectivity index (χ3v) is 6.99. The number of ether oxygens (including phenoxy) is 1. The fourth-order valence-electron chi connectivity index (χ4n) is 3.92. The zero-order valence-corrected chi connectivity index (χ0v) is 23.4. The van der Waals surface area contributed by atoms with Crippen molar-refractivity contribution in [1.82, 2.24) is 20.2 Å². The minimum absolute atomic E-state index is 0. The molecule has 39 heavy (non-hydrogen) atoms. The fraction of sp³-hybridized carbons (Fsp3) is 0.261. The van der Waals surface area contributed by atoms with Crippen LogP contribution in [-0.2, 0) is 19.1 Å². The number of aromatic nitrogens is 2. The summed E-state index contributed by atoms with van der Waals surface area (Å²) in [5, 5.41) is 33.8. The van der Waals surface area contributed by atoms with E-state index in [1.54, 1.807) is 18.2 Å². The number of benzene rings is 1. The molecular weight excluding hydrogens is 545 g/mol. The maximum absolute atomic E-state index is 13.3. The standard InChI is InChI=1S/C23H21N5O9S.Na/c1-10(29)37-7-12-8-38-21-16(20(32)28(21)17(12)23(35)36)27-18(30)13(11-5-3-2-4-6-11)26-19(31)14-15(22(33)34)25-9-24-14;/h2-6,9,13,16,21H,7-8H2,1H3,(H,24,25)(H,26,31)(H,27,30)(H,33,34)(H,35,36);/q;+1/p-1/t13-,16-,21-;/m1./s1. The van der Waals surface area contributed by atoms with E-state index in [0.717, 1.165) is 23.0 Å². The number of nitrogens with one attached hydrogen (secondary N) is 2. The van der Waals surface area contributed by atoms with E-state index in [0.29, 0.717) is 5.56 Å². The van der Waals surface area contributed by atoms with Gasteiger partial charge in [-0.1, -0.05) is 30.3 Å². The molecule has 2 aliphatic rings. The zero-order chi connectivity index (χ0) is 27.6. The summed E-state index contributed by atoms with van der Waals surface area (Å²) in [4.78, 5) is 71.1. The van der Waals surface area contributed by atoms with Crippen molar-refractivity contribution in [3.8, 4) is 0 Å². The van der Waals surface area contributed by atoms with Gasteiger partial charge in [-0.05, 0) is 11.5 Å². The number of carbonyl (C=O) groups excluding carboxylic acids is 3. The Morgan fingerprint density at radius 3 is 2.56 bits per heavy atom. The van der Waals surface area contributed by atoms with E-state index in [4.69, 9.17) is 4.74 Å². The molecule has 2 aromatic rings. The van der Waals surface area contributed by atoms with Crippen molar-refractivity contribution in [2.24, 2.45) is 4.99 Å². The first-order chi connectivity index (χ1) is 18.1. The average Bonchev–Trinajstić information content (AvgIpc) is 3.39. The Hall–Kier alpha value is -3.66. The molecule has 1 aromatic carbocycles. The molecule has 0 saturated carbocycles. The predicted octanol–water partition coefficient (Wildman–Crippen LogP) is -3.47. The van der Waals surface area contributed by atoms with Crippen LogP contribution in [0.2, 0.25) is 0 Å². The Balaban J connectivity index is 0.00000420. The van der Waals surface area contributed by atoms with Gasteiger partial charge in [0.15, 0.2) is 17.4 Å². The number of esters is 1.